The number of hydrogen-bond donors (Lipinski definition) is 2. The van der Waals surface area contributed by atoms with Crippen LogP contribution in [0.25, 0.3) is 0 Å². The molecule has 0 spiro atoms. The number of nitro benzene ring substituents is 1. The summed E-state index contributed by atoms with van der Waals surface area (Å²) in [5.41, 5.74) is -0.523. The monoisotopic (exact) mass is 290 g/mol. The van der Waals surface area contributed by atoms with Crippen molar-refractivity contribution in [3.05, 3.63) is 69.5 Å². The smallest absolute Gasteiger partial charge is 0.311 e. The van der Waals surface area contributed by atoms with Gasteiger partial charge in [-0.1, -0.05) is 24.3 Å². The van der Waals surface area contributed by atoms with E-state index in [4.69, 9.17) is 0 Å². The van der Waals surface area contributed by atoms with Crippen molar-refractivity contribution in [3.8, 4) is 5.75 Å². The minimum absolute atomic E-state index is 0.0896. The number of para-hydroxylation sites is 1. The number of nitrogens with zero attached hydrogens (tertiary/aromatic N) is 1. The van der Waals surface area contributed by atoms with E-state index in [1.165, 1.54) is 30.3 Å². The number of phenolic OH excluding ortho intramolecular Hbond substituents is 1. The summed E-state index contributed by atoms with van der Waals surface area (Å²) in [4.78, 5) is 21.8. The molecule has 2 rings (SSSR count). The first-order chi connectivity index (χ1) is 10.0. The first-order valence-corrected chi connectivity index (χ1v) is 5.98. The Labute approximate surface area is 119 Å². The number of carbonyl (C=O) groups excluding carboxylic acids is 1. The van der Waals surface area contributed by atoms with Gasteiger partial charge in [0.1, 0.15) is 5.82 Å². The van der Waals surface area contributed by atoms with Gasteiger partial charge < -0.3 is 10.4 Å². The molecule has 0 heterocycles. The van der Waals surface area contributed by atoms with Crippen LogP contribution in [0.2, 0.25) is 0 Å². The largest absolute Gasteiger partial charge is 0.502 e. The van der Waals surface area contributed by atoms with Crippen molar-refractivity contribution < 1.29 is 19.2 Å². The highest BCUT2D eigenvalue weighted by molar-refractivity contribution is 5.98. The molecule has 2 aromatic carbocycles. The van der Waals surface area contributed by atoms with Gasteiger partial charge in [0.25, 0.3) is 5.91 Å². The van der Waals surface area contributed by atoms with Gasteiger partial charge in [0.2, 0.25) is 5.75 Å². The number of carbonyl (C=O) groups is 1. The average molecular weight is 290 g/mol. The number of hydrogen-bond acceptors (Lipinski definition) is 4. The number of benzene rings is 2. The van der Waals surface area contributed by atoms with Crippen molar-refractivity contribution in [1.29, 1.82) is 0 Å². The number of rotatable bonds is 4. The predicted octanol–water partition coefficient (Wildman–Crippen LogP) is 2.37. The van der Waals surface area contributed by atoms with Crippen molar-refractivity contribution >= 4 is 11.6 Å². The Morgan fingerprint density at radius 3 is 2.62 bits per heavy atom. The third kappa shape index (κ3) is 3.14. The van der Waals surface area contributed by atoms with Crippen LogP contribution in [0.3, 0.4) is 0 Å². The first-order valence-electron chi connectivity index (χ1n) is 5.98. The van der Waals surface area contributed by atoms with Gasteiger partial charge in [-0.15, -0.1) is 0 Å². The second-order valence-electron chi connectivity index (χ2n) is 4.20. The fourth-order valence-electron chi connectivity index (χ4n) is 1.77. The summed E-state index contributed by atoms with van der Waals surface area (Å²) in [6.45, 7) is -0.0896. The molecular formula is C14H11FN2O4. The molecule has 0 bridgehead atoms. The lowest BCUT2D eigenvalue weighted by molar-refractivity contribution is -0.385. The molecule has 2 N–H and O–H groups in total. The van der Waals surface area contributed by atoms with Crippen molar-refractivity contribution in [3.63, 3.8) is 0 Å². The Morgan fingerprint density at radius 2 is 1.95 bits per heavy atom. The fourth-order valence-corrected chi connectivity index (χ4v) is 1.77. The van der Waals surface area contributed by atoms with Crippen molar-refractivity contribution in [1.82, 2.24) is 5.32 Å². The Balaban J connectivity index is 2.16. The molecule has 0 aliphatic rings. The van der Waals surface area contributed by atoms with Crippen LogP contribution >= 0.6 is 0 Å². The van der Waals surface area contributed by atoms with Gasteiger partial charge in [0.15, 0.2) is 0 Å². The summed E-state index contributed by atoms with van der Waals surface area (Å²) < 4.78 is 13.4. The average Bonchev–Trinajstić information content (AvgIpc) is 2.46. The number of nitro groups is 1. The van der Waals surface area contributed by atoms with E-state index >= 15 is 0 Å². The third-order valence-corrected chi connectivity index (χ3v) is 2.85. The molecule has 2 aromatic rings. The molecule has 7 heteroatoms. The van der Waals surface area contributed by atoms with Crippen LogP contribution in [-0.4, -0.2) is 15.9 Å². The molecular weight excluding hydrogens is 279 g/mol. The molecule has 1 amide bonds. The first kappa shape index (κ1) is 14.4. The van der Waals surface area contributed by atoms with Gasteiger partial charge in [-0.3, -0.25) is 14.9 Å². The summed E-state index contributed by atoms with van der Waals surface area (Å²) in [5, 5.41) is 22.8. The van der Waals surface area contributed by atoms with Crippen molar-refractivity contribution in [2.75, 3.05) is 0 Å². The summed E-state index contributed by atoms with van der Waals surface area (Å²) >= 11 is 0. The van der Waals surface area contributed by atoms with Crippen LogP contribution in [0.1, 0.15) is 15.9 Å². The highest BCUT2D eigenvalue weighted by Crippen LogP contribution is 2.29. The highest BCUT2D eigenvalue weighted by atomic mass is 19.1. The number of amides is 1. The number of nitrogens with one attached hydrogen (secondary N) is 1. The molecule has 0 saturated carbocycles. The molecule has 0 fully saturated rings. The Hall–Kier alpha value is -2.96. The molecule has 0 unspecified atom stereocenters. The normalized spacial score (nSPS) is 10.1. The molecule has 0 aliphatic carbocycles. The van der Waals surface area contributed by atoms with Gasteiger partial charge in [-0.2, -0.15) is 0 Å². The van der Waals surface area contributed by atoms with Crippen LogP contribution in [0, 0.1) is 15.9 Å². The summed E-state index contributed by atoms with van der Waals surface area (Å²) in [5.74, 6) is -1.91. The summed E-state index contributed by atoms with van der Waals surface area (Å²) in [6, 6.07) is 9.52. The second-order valence-corrected chi connectivity index (χ2v) is 4.20. The number of halogens is 1. The van der Waals surface area contributed by atoms with Crippen molar-refractivity contribution in [2.24, 2.45) is 0 Å². The summed E-state index contributed by atoms with van der Waals surface area (Å²) in [7, 11) is 0. The molecule has 0 aromatic heterocycles. The van der Waals surface area contributed by atoms with E-state index in [0.29, 0.717) is 0 Å². The lowest BCUT2D eigenvalue weighted by Crippen LogP contribution is -2.23. The maximum atomic E-state index is 13.4. The Morgan fingerprint density at radius 1 is 1.24 bits per heavy atom. The topological polar surface area (TPSA) is 92.5 Å². The Bertz CT molecular complexity index is 703. The maximum absolute atomic E-state index is 13.4. The zero-order valence-electron chi connectivity index (χ0n) is 10.7. The molecule has 6 nitrogen and oxygen atoms in total. The molecule has 0 aliphatic heterocycles. The van der Waals surface area contributed by atoms with Crippen LogP contribution < -0.4 is 5.32 Å². The maximum Gasteiger partial charge on any atom is 0.311 e. The van der Waals surface area contributed by atoms with Crippen LogP contribution in [-0.2, 0) is 6.54 Å². The third-order valence-electron chi connectivity index (χ3n) is 2.85. The molecule has 0 atom stereocenters. The lowest BCUT2D eigenvalue weighted by Gasteiger charge is -2.07. The number of aromatic hydroxyl groups is 1. The van der Waals surface area contributed by atoms with E-state index in [1.807, 2.05) is 0 Å². The van der Waals surface area contributed by atoms with Crippen LogP contribution in [0.5, 0.6) is 5.75 Å². The highest BCUT2D eigenvalue weighted by Gasteiger charge is 2.20. The Kier molecular flexibility index (Phi) is 4.13. The standard InChI is InChI=1S/C14H11FN2O4/c15-11-6-2-1-4-9(11)8-16-14(19)10-5-3-7-12(13(10)18)17(20)21/h1-7,18H,8H2,(H,16,19). The number of phenols is 1. The predicted molar refractivity (Wildman–Crippen MR) is 72.3 cm³/mol. The fraction of sp³-hybridized carbons (Fsp3) is 0.0714. The molecule has 21 heavy (non-hydrogen) atoms. The van der Waals surface area contributed by atoms with Crippen LogP contribution in [0.4, 0.5) is 10.1 Å². The van der Waals surface area contributed by atoms with E-state index in [1.54, 1.807) is 6.07 Å². The lowest BCUT2D eigenvalue weighted by atomic mass is 10.1. The van der Waals surface area contributed by atoms with Crippen LogP contribution in [0.15, 0.2) is 42.5 Å². The molecule has 0 radical (unpaired) electrons. The van der Waals surface area contributed by atoms with E-state index in [-0.39, 0.29) is 17.7 Å². The molecule has 108 valence electrons. The van der Waals surface area contributed by atoms with E-state index in [2.05, 4.69) is 5.32 Å². The zero-order valence-corrected chi connectivity index (χ0v) is 10.7. The quantitative estimate of drug-likeness (QED) is 0.668. The van der Waals surface area contributed by atoms with Gasteiger partial charge in [-0.05, 0) is 12.1 Å². The minimum atomic E-state index is -0.789. The van der Waals surface area contributed by atoms with E-state index in [0.717, 1.165) is 6.07 Å². The zero-order chi connectivity index (χ0) is 15.4. The van der Waals surface area contributed by atoms with Crippen molar-refractivity contribution in [2.45, 2.75) is 6.54 Å². The van der Waals surface area contributed by atoms with Gasteiger partial charge >= 0.3 is 5.69 Å². The SMILES string of the molecule is O=C(NCc1ccccc1F)c1cccc([N+](=O)[O-])c1O. The summed E-state index contributed by atoms with van der Waals surface area (Å²) in [6.07, 6.45) is 0. The van der Waals surface area contributed by atoms with Gasteiger partial charge in [-0.25, -0.2) is 4.39 Å². The minimum Gasteiger partial charge on any atom is -0.502 e. The van der Waals surface area contributed by atoms with Gasteiger partial charge in [0.05, 0.1) is 10.5 Å². The van der Waals surface area contributed by atoms with E-state index in [9.17, 15) is 24.4 Å². The van der Waals surface area contributed by atoms with Gasteiger partial charge in [0, 0.05) is 18.2 Å². The molecule has 0 saturated heterocycles. The van der Waals surface area contributed by atoms with E-state index < -0.39 is 28.1 Å². The second kappa shape index (κ2) is 6.00.